The Morgan fingerprint density at radius 3 is 2.17 bits per heavy atom. The Balaban J connectivity index is 1.23. The van der Waals surface area contributed by atoms with Crippen molar-refractivity contribution in [2.75, 3.05) is 46.4 Å². The number of allylic oxidation sites excluding steroid dienone is 2. The summed E-state index contributed by atoms with van der Waals surface area (Å²) in [6.07, 6.45) is 12.3. The van der Waals surface area contributed by atoms with Crippen LogP contribution >= 0.6 is 0 Å². The molecule has 6 fully saturated rings. The smallest absolute Gasteiger partial charge is 0.303 e. The van der Waals surface area contributed by atoms with Crippen molar-refractivity contribution in [2.24, 2.45) is 61.9 Å². The number of piperazine rings is 1. The third-order valence-corrected chi connectivity index (χ3v) is 17.9. The minimum atomic E-state index is -0.780. The number of carbonyl (C=O) groups excluding carboxylic acids is 1. The summed E-state index contributed by atoms with van der Waals surface area (Å²) in [4.78, 5) is 30.3. The molecule has 0 aromatic rings. The minimum Gasteiger partial charge on any atom is -0.495 e. The maximum Gasteiger partial charge on any atom is 0.303 e. The Morgan fingerprint density at radius 1 is 0.870 bits per heavy atom. The Morgan fingerprint density at radius 2 is 1.54 bits per heavy atom. The van der Waals surface area contributed by atoms with Gasteiger partial charge in [0.1, 0.15) is 6.10 Å². The maximum atomic E-state index is 14.3. The lowest BCUT2D eigenvalue weighted by Crippen LogP contribution is -2.76. The lowest BCUT2D eigenvalue weighted by molar-refractivity contribution is -0.255. The molecular weight excluding hydrogens is 675 g/mol. The molecule has 0 spiro atoms. The van der Waals surface area contributed by atoms with Gasteiger partial charge in [0.15, 0.2) is 0 Å². The quantitative estimate of drug-likeness (QED) is 0.152. The Kier molecular flexibility index (Phi) is 11.2. The Hall–Kier alpha value is -1.90. The normalized spacial score (nSPS) is 41.9. The number of carbonyl (C=O) groups is 2. The van der Waals surface area contributed by atoms with Crippen molar-refractivity contribution in [1.82, 2.24) is 9.80 Å². The molecule has 1 amide bonds. The standard InChI is InChI=1S/C46H77N3O5/c1-31(2)33-12-18-45(29-37(50)49-24-22-48(23-25-49)26-27-53-11)21-20-44(10)43(9)17-13-34-41(6,7)36(54-32(3)28-40(4,5)30-38(51)52)15-16-42(34,8)35(43)14-19-46(44,47)39(33)45/h33-36,39H,1,3,12-30,47H2,2,4-11H3,(H,51,52)/t33-,34-,35+,36?,39-,42-,43+,44-,45+,46?/m0/s1. The molecule has 0 aromatic heterocycles. The molecule has 8 nitrogen and oxygen atoms in total. The number of fused-ring (bicyclic) bond motifs is 7. The van der Waals surface area contributed by atoms with E-state index in [0.717, 1.165) is 103 Å². The fraction of sp³-hybridized carbons (Fsp3) is 0.870. The van der Waals surface area contributed by atoms with Crippen LogP contribution in [0.1, 0.15) is 139 Å². The van der Waals surface area contributed by atoms with E-state index < -0.39 is 11.4 Å². The van der Waals surface area contributed by atoms with Gasteiger partial charge in [-0.3, -0.25) is 14.5 Å². The van der Waals surface area contributed by atoms with Crippen LogP contribution in [0, 0.1) is 56.2 Å². The maximum absolute atomic E-state index is 14.3. The zero-order valence-corrected chi connectivity index (χ0v) is 35.8. The van der Waals surface area contributed by atoms with Gasteiger partial charge in [0.25, 0.3) is 0 Å². The fourth-order valence-electron chi connectivity index (χ4n) is 15.1. The summed E-state index contributed by atoms with van der Waals surface area (Å²) in [7, 11) is 1.75. The number of nitrogens with zero attached hydrogens (tertiary/aromatic N) is 2. The van der Waals surface area contributed by atoms with Crippen LogP contribution in [0.2, 0.25) is 0 Å². The van der Waals surface area contributed by atoms with Gasteiger partial charge in [-0.2, -0.15) is 0 Å². The highest BCUT2D eigenvalue weighted by atomic mass is 16.5. The summed E-state index contributed by atoms with van der Waals surface area (Å²) < 4.78 is 12.0. The molecule has 0 aromatic carbocycles. The molecular formula is C46H77N3O5. The number of aliphatic carboxylic acids is 1. The number of carboxylic acids is 1. The van der Waals surface area contributed by atoms with Crippen molar-refractivity contribution in [3.05, 3.63) is 24.5 Å². The van der Waals surface area contributed by atoms with Crippen molar-refractivity contribution in [3.63, 3.8) is 0 Å². The van der Waals surface area contributed by atoms with E-state index in [9.17, 15) is 14.7 Å². The van der Waals surface area contributed by atoms with Gasteiger partial charge in [0.05, 0.1) is 18.8 Å². The molecule has 1 heterocycles. The molecule has 3 N–H and O–H groups in total. The number of methoxy groups -OCH3 is 1. The highest BCUT2D eigenvalue weighted by molar-refractivity contribution is 5.77. The highest BCUT2D eigenvalue weighted by Gasteiger charge is 2.75. The lowest BCUT2D eigenvalue weighted by Gasteiger charge is -2.75. The SMILES string of the molecule is C=C(CC(C)(C)CC(=O)O)OC1CC[C@]2(C)[C@H]3CCC4(N)[C@H]5[C@H](C(=C)C)CC[C@]5(CC(=O)N5CCN(CCOC)CC5)CC[C@@]4(C)[C@]3(C)CC[C@H]2C1(C)C. The molecule has 54 heavy (non-hydrogen) atoms. The van der Waals surface area contributed by atoms with Crippen LogP contribution in [0.5, 0.6) is 0 Å². The molecule has 5 aliphatic carbocycles. The summed E-state index contributed by atoms with van der Waals surface area (Å²) in [5, 5.41) is 9.45. The van der Waals surface area contributed by atoms with Crippen LogP contribution in [-0.4, -0.2) is 84.9 Å². The lowest BCUT2D eigenvalue weighted by atomic mass is 9.30. The second-order valence-corrected chi connectivity index (χ2v) is 21.6. The second kappa shape index (κ2) is 14.5. The molecule has 8 heteroatoms. The number of hydrogen-bond acceptors (Lipinski definition) is 6. The highest BCUT2D eigenvalue weighted by Crippen LogP contribution is 2.78. The summed E-state index contributed by atoms with van der Waals surface area (Å²) in [5.41, 5.74) is 8.80. The molecule has 306 valence electrons. The molecule has 0 bridgehead atoms. The number of carboxylic acid groups (broad SMARTS) is 1. The van der Waals surface area contributed by atoms with Crippen molar-refractivity contribution >= 4 is 11.9 Å². The molecule has 0 radical (unpaired) electrons. The number of amides is 1. The predicted octanol–water partition coefficient (Wildman–Crippen LogP) is 8.70. The van der Waals surface area contributed by atoms with Gasteiger partial charge in [-0.05, 0) is 122 Å². The molecule has 2 unspecified atom stereocenters. The third-order valence-electron chi connectivity index (χ3n) is 17.9. The first-order valence-electron chi connectivity index (χ1n) is 21.6. The largest absolute Gasteiger partial charge is 0.495 e. The van der Waals surface area contributed by atoms with E-state index in [1.165, 1.54) is 12.0 Å². The molecule has 6 aliphatic rings. The number of nitrogens with two attached hydrogens (primary N) is 1. The zero-order chi connectivity index (χ0) is 39.7. The molecule has 1 saturated heterocycles. The first-order valence-corrected chi connectivity index (χ1v) is 21.6. The van der Waals surface area contributed by atoms with Crippen LogP contribution in [0.3, 0.4) is 0 Å². The average molecular weight is 752 g/mol. The third kappa shape index (κ3) is 6.72. The average Bonchev–Trinajstić information content (AvgIpc) is 3.46. The number of hydrogen-bond donors (Lipinski definition) is 2. The summed E-state index contributed by atoms with van der Waals surface area (Å²) >= 11 is 0. The van der Waals surface area contributed by atoms with Crippen molar-refractivity contribution in [2.45, 2.75) is 151 Å². The van der Waals surface area contributed by atoms with Crippen LogP contribution in [0.4, 0.5) is 0 Å². The second-order valence-electron chi connectivity index (χ2n) is 21.6. The van der Waals surface area contributed by atoms with E-state index in [4.69, 9.17) is 15.2 Å². The van der Waals surface area contributed by atoms with E-state index in [1.807, 2.05) is 13.8 Å². The minimum absolute atomic E-state index is 0.0410. The van der Waals surface area contributed by atoms with Gasteiger partial charge < -0.3 is 25.2 Å². The monoisotopic (exact) mass is 752 g/mol. The Bertz CT molecular complexity index is 1470. The van der Waals surface area contributed by atoms with Gasteiger partial charge in [-0.1, -0.05) is 67.2 Å². The van der Waals surface area contributed by atoms with Gasteiger partial charge in [0.2, 0.25) is 5.91 Å². The number of ether oxygens (including phenoxy) is 2. The van der Waals surface area contributed by atoms with E-state index in [-0.39, 0.29) is 51.1 Å². The van der Waals surface area contributed by atoms with Crippen LogP contribution in [0.15, 0.2) is 24.5 Å². The topological polar surface area (TPSA) is 105 Å². The fourth-order valence-corrected chi connectivity index (χ4v) is 15.1. The van der Waals surface area contributed by atoms with Gasteiger partial charge in [-0.15, -0.1) is 0 Å². The first-order chi connectivity index (χ1) is 25.1. The summed E-state index contributed by atoms with van der Waals surface area (Å²) in [6, 6.07) is 0. The number of rotatable bonds is 12. The molecule has 5 saturated carbocycles. The Labute approximate surface area is 328 Å². The molecule has 1 aliphatic heterocycles. The van der Waals surface area contributed by atoms with Crippen molar-refractivity contribution in [3.8, 4) is 0 Å². The predicted molar refractivity (Wildman–Crippen MR) is 217 cm³/mol. The van der Waals surface area contributed by atoms with Gasteiger partial charge >= 0.3 is 5.97 Å². The van der Waals surface area contributed by atoms with E-state index >= 15 is 0 Å². The van der Waals surface area contributed by atoms with Crippen LogP contribution in [-0.2, 0) is 19.1 Å². The first kappa shape index (κ1) is 41.7. The molecule has 6 rings (SSSR count). The van der Waals surface area contributed by atoms with E-state index in [2.05, 4.69) is 64.5 Å². The van der Waals surface area contributed by atoms with Gasteiger partial charge in [-0.25, -0.2) is 0 Å². The zero-order valence-electron chi connectivity index (χ0n) is 35.8. The van der Waals surface area contributed by atoms with Gasteiger partial charge in [0, 0.05) is 63.6 Å². The van der Waals surface area contributed by atoms with E-state index in [0.29, 0.717) is 36.5 Å². The van der Waals surface area contributed by atoms with E-state index in [1.54, 1.807) is 7.11 Å². The summed E-state index contributed by atoms with van der Waals surface area (Å²) in [5.74, 6) is 1.99. The summed E-state index contributed by atoms with van der Waals surface area (Å²) in [6.45, 7) is 32.9. The van der Waals surface area contributed by atoms with Crippen molar-refractivity contribution in [1.29, 1.82) is 0 Å². The molecule has 10 atom stereocenters. The van der Waals surface area contributed by atoms with Crippen LogP contribution in [0.25, 0.3) is 0 Å². The van der Waals surface area contributed by atoms with Crippen molar-refractivity contribution < 1.29 is 24.2 Å². The van der Waals surface area contributed by atoms with Crippen LogP contribution < -0.4 is 5.73 Å².